The standard InChI is InChI=1S/C38H29N3O3S/c42-36(28-20-18-27(19-21-28)26-10-3-1-4-11-26)25-45-32-15-9-14-31(23-32)40-38(44)35(41-37(43)29-12-5-2-6-13-29)22-30-24-39-34-17-8-7-16-33(30)34/h1-24,39H,25H2,(H,40,44)(H,41,43)/b35-22-. The Morgan fingerprint density at radius 3 is 2.16 bits per heavy atom. The molecule has 0 unspecified atom stereocenters. The van der Waals surface area contributed by atoms with E-state index in [9.17, 15) is 14.4 Å². The van der Waals surface area contributed by atoms with Gasteiger partial charge in [-0.25, -0.2) is 0 Å². The molecule has 0 radical (unpaired) electrons. The Kier molecular flexibility index (Phi) is 8.99. The van der Waals surface area contributed by atoms with E-state index in [4.69, 9.17) is 0 Å². The van der Waals surface area contributed by atoms with Crippen LogP contribution < -0.4 is 10.6 Å². The van der Waals surface area contributed by atoms with Crippen molar-refractivity contribution in [2.45, 2.75) is 4.90 Å². The number of benzene rings is 5. The fourth-order valence-corrected chi connectivity index (χ4v) is 5.73. The molecule has 7 heteroatoms. The number of carbonyl (C=O) groups is 3. The van der Waals surface area contributed by atoms with E-state index in [1.807, 2.05) is 103 Å². The van der Waals surface area contributed by atoms with Crippen LogP contribution in [0.4, 0.5) is 5.69 Å². The Morgan fingerprint density at radius 1 is 0.689 bits per heavy atom. The molecule has 0 fully saturated rings. The SMILES string of the molecule is O=C(Nc1cccc(SCC(=O)c2ccc(-c3ccccc3)cc2)c1)/C(=C/c1c[nH]c2ccccc12)NC(=O)c1ccccc1. The van der Waals surface area contributed by atoms with Crippen molar-refractivity contribution >= 4 is 52.0 Å². The number of hydrogen-bond donors (Lipinski definition) is 3. The Hall–Kier alpha value is -5.66. The third-order valence-corrected chi connectivity index (χ3v) is 8.22. The molecule has 0 aliphatic rings. The van der Waals surface area contributed by atoms with Crippen LogP contribution in [0.3, 0.4) is 0 Å². The second-order valence-corrected chi connectivity index (χ2v) is 11.4. The van der Waals surface area contributed by atoms with Crippen molar-refractivity contribution < 1.29 is 14.4 Å². The summed E-state index contributed by atoms with van der Waals surface area (Å²) in [7, 11) is 0. The van der Waals surface area contributed by atoms with Gasteiger partial charge in [0.2, 0.25) is 0 Å². The molecule has 3 N–H and O–H groups in total. The zero-order chi connectivity index (χ0) is 31.0. The number of rotatable bonds is 10. The molecule has 0 atom stereocenters. The Morgan fingerprint density at radius 2 is 1.38 bits per heavy atom. The fraction of sp³-hybridized carbons (Fsp3) is 0.0263. The van der Waals surface area contributed by atoms with Gasteiger partial charge < -0.3 is 15.6 Å². The third kappa shape index (κ3) is 7.29. The van der Waals surface area contributed by atoms with Crippen LogP contribution in [0.1, 0.15) is 26.3 Å². The van der Waals surface area contributed by atoms with Gasteiger partial charge in [0.25, 0.3) is 11.8 Å². The number of anilines is 1. The summed E-state index contributed by atoms with van der Waals surface area (Å²) < 4.78 is 0. The molecule has 1 aromatic heterocycles. The maximum atomic E-state index is 13.6. The number of fused-ring (bicyclic) bond motifs is 1. The monoisotopic (exact) mass is 607 g/mol. The second kappa shape index (κ2) is 13.8. The Balaban J connectivity index is 1.15. The van der Waals surface area contributed by atoms with Crippen LogP contribution in [0.15, 0.2) is 150 Å². The van der Waals surface area contributed by atoms with Crippen LogP contribution in [-0.2, 0) is 4.79 Å². The molecule has 45 heavy (non-hydrogen) atoms. The molecule has 2 amide bonds. The van der Waals surface area contributed by atoms with Crippen LogP contribution >= 0.6 is 11.8 Å². The zero-order valence-electron chi connectivity index (χ0n) is 24.2. The first kappa shape index (κ1) is 29.4. The van der Waals surface area contributed by atoms with Gasteiger partial charge in [-0.15, -0.1) is 11.8 Å². The number of hydrogen-bond acceptors (Lipinski definition) is 4. The molecule has 0 aliphatic heterocycles. The summed E-state index contributed by atoms with van der Waals surface area (Å²) in [5.41, 5.74) is 5.57. The first-order chi connectivity index (χ1) is 22.0. The second-order valence-electron chi connectivity index (χ2n) is 10.3. The molecule has 0 spiro atoms. The predicted molar refractivity (Wildman–Crippen MR) is 182 cm³/mol. The van der Waals surface area contributed by atoms with Crippen molar-refractivity contribution in [3.63, 3.8) is 0 Å². The molecular weight excluding hydrogens is 579 g/mol. The summed E-state index contributed by atoms with van der Waals surface area (Å²) >= 11 is 1.40. The van der Waals surface area contributed by atoms with Gasteiger partial charge in [0.1, 0.15) is 5.70 Å². The van der Waals surface area contributed by atoms with Crippen LogP contribution in [0.5, 0.6) is 0 Å². The Labute approximate surface area is 265 Å². The summed E-state index contributed by atoms with van der Waals surface area (Å²) in [6.45, 7) is 0. The fourth-order valence-electron chi connectivity index (χ4n) is 4.88. The predicted octanol–water partition coefficient (Wildman–Crippen LogP) is 8.22. The number of thioether (sulfide) groups is 1. The number of para-hydroxylation sites is 1. The molecule has 0 saturated carbocycles. The normalized spacial score (nSPS) is 11.2. The van der Waals surface area contributed by atoms with Crippen LogP contribution in [-0.4, -0.2) is 28.3 Å². The van der Waals surface area contributed by atoms with Gasteiger partial charge in [-0.3, -0.25) is 14.4 Å². The van der Waals surface area contributed by atoms with Crippen molar-refractivity contribution in [2.75, 3.05) is 11.1 Å². The van der Waals surface area contributed by atoms with Crippen LogP contribution in [0.2, 0.25) is 0 Å². The Bertz CT molecular complexity index is 2000. The largest absolute Gasteiger partial charge is 0.361 e. The van der Waals surface area contributed by atoms with Crippen molar-refractivity contribution in [1.82, 2.24) is 10.3 Å². The molecule has 0 saturated heterocycles. The number of amides is 2. The van der Waals surface area contributed by atoms with E-state index in [1.54, 1.807) is 42.6 Å². The number of Topliss-reactive ketones (excluding diaryl/α,β-unsaturated/α-hetero) is 1. The van der Waals surface area contributed by atoms with Crippen molar-refractivity contribution in [1.29, 1.82) is 0 Å². The highest BCUT2D eigenvalue weighted by Gasteiger charge is 2.17. The van der Waals surface area contributed by atoms with E-state index in [0.717, 1.165) is 32.5 Å². The van der Waals surface area contributed by atoms with Crippen LogP contribution in [0.25, 0.3) is 28.1 Å². The summed E-state index contributed by atoms with van der Waals surface area (Å²) in [5.74, 6) is -0.597. The minimum absolute atomic E-state index is 0.0154. The van der Waals surface area contributed by atoms with E-state index >= 15 is 0 Å². The smallest absolute Gasteiger partial charge is 0.272 e. The van der Waals surface area contributed by atoms with Gasteiger partial charge in [0.05, 0.1) is 5.75 Å². The van der Waals surface area contributed by atoms with Crippen molar-refractivity contribution in [2.24, 2.45) is 0 Å². The van der Waals surface area contributed by atoms with Gasteiger partial charge in [-0.1, -0.05) is 97.1 Å². The topological polar surface area (TPSA) is 91.1 Å². The van der Waals surface area contributed by atoms with E-state index in [1.165, 1.54) is 11.8 Å². The average Bonchev–Trinajstić information content (AvgIpc) is 3.50. The van der Waals surface area contributed by atoms with Gasteiger partial charge >= 0.3 is 0 Å². The highest BCUT2D eigenvalue weighted by Crippen LogP contribution is 2.25. The lowest BCUT2D eigenvalue weighted by Crippen LogP contribution is -2.30. The van der Waals surface area contributed by atoms with Crippen molar-refractivity contribution in [3.8, 4) is 11.1 Å². The molecule has 6 aromatic rings. The van der Waals surface area contributed by atoms with E-state index in [-0.39, 0.29) is 17.2 Å². The first-order valence-corrected chi connectivity index (χ1v) is 15.4. The maximum Gasteiger partial charge on any atom is 0.272 e. The van der Waals surface area contributed by atoms with Gasteiger partial charge in [-0.2, -0.15) is 0 Å². The lowest BCUT2D eigenvalue weighted by atomic mass is 10.0. The molecule has 0 aliphatic carbocycles. The minimum atomic E-state index is -0.471. The zero-order valence-corrected chi connectivity index (χ0v) is 25.0. The number of nitrogens with one attached hydrogen (secondary N) is 3. The summed E-state index contributed by atoms with van der Waals surface area (Å²) in [6, 6.07) is 41.5. The quantitative estimate of drug-likeness (QED) is 0.0831. The molecule has 0 bridgehead atoms. The molecule has 220 valence electrons. The number of H-pyrrole nitrogens is 1. The first-order valence-electron chi connectivity index (χ1n) is 14.4. The highest BCUT2D eigenvalue weighted by molar-refractivity contribution is 8.00. The van der Waals surface area contributed by atoms with E-state index in [2.05, 4.69) is 15.6 Å². The summed E-state index contributed by atoms with van der Waals surface area (Å²) in [6.07, 6.45) is 3.46. The average molecular weight is 608 g/mol. The molecule has 6 rings (SSSR count). The highest BCUT2D eigenvalue weighted by atomic mass is 32.2. The van der Waals surface area contributed by atoms with Gasteiger partial charge in [-0.05, 0) is 53.6 Å². The summed E-state index contributed by atoms with van der Waals surface area (Å²) in [5, 5.41) is 6.63. The van der Waals surface area contributed by atoms with Crippen molar-refractivity contribution in [3.05, 3.63) is 162 Å². The van der Waals surface area contributed by atoms with Crippen LogP contribution in [0, 0.1) is 0 Å². The molecule has 1 heterocycles. The molecule has 5 aromatic carbocycles. The number of ketones is 1. The number of aromatic nitrogens is 1. The number of carbonyl (C=O) groups excluding carboxylic acids is 3. The van der Waals surface area contributed by atoms with Gasteiger partial charge in [0.15, 0.2) is 5.78 Å². The minimum Gasteiger partial charge on any atom is -0.361 e. The van der Waals surface area contributed by atoms with E-state index in [0.29, 0.717) is 16.8 Å². The summed E-state index contributed by atoms with van der Waals surface area (Å²) in [4.78, 5) is 43.6. The molecular formula is C38H29N3O3S. The maximum absolute atomic E-state index is 13.6. The lowest BCUT2D eigenvalue weighted by Gasteiger charge is -2.12. The third-order valence-electron chi connectivity index (χ3n) is 7.23. The van der Waals surface area contributed by atoms with Gasteiger partial charge in [0, 0.05) is 44.4 Å². The lowest BCUT2D eigenvalue weighted by molar-refractivity contribution is -0.113. The van der Waals surface area contributed by atoms with E-state index < -0.39 is 11.8 Å². The number of aromatic amines is 1. The molecule has 6 nitrogen and oxygen atoms in total.